The molecule has 2 heterocycles. The monoisotopic (exact) mass is 269 g/mol. The van der Waals surface area contributed by atoms with E-state index < -0.39 is 37.1 Å². The normalized spacial score (nSPS) is 30.5. The van der Waals surface area contributed by atoms with Gasteiger partial charge < -0.3 is 30.4 Å². The minimum Gasteiger partial charge on any atom is -0.394 e. The van der Waals surface area contributed by atoms with Gasteiger partial charge in [0.15, 0.2) is 11.9 Å². The second-order valence-corrected chi connectivity index (χ2v) is 4.18. The third kappa shape index (κ3) is 2.15. The van der Waals surface area contributed by atoms with Gasteiger partial charge in [0.25, 0.3) is 5.91 Å². The molecule has 0 aliphatic carbocycles. The predicted octanol–water partition coefficient (Wildman–Crippen LogP) is -1.76. The van der Waals surface area contributed by atoms with E-state index in [0.717, 1.165) is 0 Å². The molecule has 0 saturated carbocycles. The van der Waals surface area contributed by atoms with Gasteiger partial charge in [-0.3, -0.25) is 4.79 Å². The van der Waals surface area contributed by atoms with E-state index in [1.54, 1.807) is 0 Å². The number of nitrogens with two attached hydrogens (primary N) is 1. The van der Waals surface area contributed by atoms with E-state index in [2.05, 4.69) is 11.6 Å². The molecule has 0 unspecified atom stereocenters. The van der Waals surface area contributed by atoms with E-state index in [-0.39, 0.29) is 11.4 Å². The van der Waals surface area contributed by atoms with Gasteiger partial charge in [0, 0.05) is 0 Å². The van der Waals surface area contributed by atoms with Crippen molar-refractivity contribution in [1.29, 1.82) is 0 Å². The van der Waals surface area contributed by atoms with Gasteiger partial charge in [-0.25, -0.2) is 4.98 Å². The minimum absolute atomic E-state index is 0.00672. The fraction of sp³-hybridized carbons (Fsp3) is 0.455. The van der Waals surface area contributed by atoms with Crippen molar-refractivity contribution in [2.24, 2.45) is 5.73 Å². The van der Waals surface area contributed by atoms with Gasteiger partial charge in [0.05, 0.1) is 18.6 Å². The Labute approximate surface area is 108 Å². The largest absolute Gasteiger partial charge is 0.394 e. The molecular weight excluding hydrogens is 254 g/mol. The number of primary amides is 1. The Balaban J connectivity index is 2.38. The van der Waals surface area contributed by atoms with Crippen molar-refractivity contribution in [2.45, 2.75) is 24.5 Å². The molecule has 0 spiro atoms. The first-order chi connectivity index (χ1) is 9.01. The standard InChI is InChI=1S/C11H15N3O5/c1-2-5-7(10(12)18)13-4-14(5)11-9(17)8(16)6(3-15)19-11/h2,4,6,8-9,11,15-17H,1,3H2,(H2,12,18)/t6-,8-,9-,11-/m1/s1. The summed E-state index contributed by atoms with van der Waals surface area (Å²) in [5.74, 6) is -0.736. The second-order valence-electron chi connectivity index (χ2n) is 4.18. The summed E-state index contributed by atoms with van der Waals surface area (Å²) in [5.41, 5.74) is 5.44. The number of aromatic nitrogens is 2. The summed E-state index contributed by atoms with van der Waals surface area (Å²) in [6, 6.07) is 0. The van der Waals surface area contributed by atoms with Crippen molar-refractivity contribution >= 4 is 12.0 Å². The molecular formula is C11H15N3O5. The number of rotatable bonds is 4. The highest BCUT2D eigenvalue weighted by Crippen LogP contribution is 2.31. The summed E-state index contributed by atoms with van der Waals surface area (Å²) in [5, 5.41) is 28.6. The molecule has 1 aliphatic heterocycles. The average molecular weight is 269 g/mol. The highest BCUT2D eigenvalue weighted by atomic mass is 16.6. The molecule has 104 valence electrons. The van der Waals surface area contributed by atoms with Gasteiger partial charge in [-0.15, -0.1) is 0 Å². The number of hydrogen-bond donors (Lipinski definition) is 4. The lowest BCUT2D eigenvalue weighted by Gasteiger charge is -2.17. The van der Waals surface area contributed by atoms with Crippen LogP contribution in [0.15, 0.2) is 12.9 Å². The van der Waals surface area contributed by atoms with Crippen molar-refractivity contribution < 1.29 is 24.9 Å². The maximum atomic E-state index is 11.2. The van der Waals surface area contributed by atoms with E-state index in [4.69, 9.17) is 15.6 Å². The van der Waals surface area contributed by atoms with Crippen LogP contribution in [-0.2, 0) is 4.74 Å². The van der Waals surface area contributed by atoms with Crippen LogP contribution in [0.3, 0.4) is 0 Å². The van der Waals surface area contributed by atoms with Crippen LogP contribution in [-0.4, -0.2) is 55.7 Å². The SMILES string of the molecule is C=Cc1c(C(N)=O)ncn1[C@@H]1O[C@H](CO)[C@@H](O)[C@H]1O. The van der Waals surface area contributed by atoms with Crippen LogP contribution in [0.25, 0.3) is 6.08 Å². The molecule has 1 aliphatic rings. The van der Waals surface area contributed by atoms with Crippen molar-refractivity contribution in [3.63, 3.8) is 0 Å². The molecule has 1 fully saturated rings. The second kappa shape index (κ2) is 5.10. The van der Waals surface area contributed by atoms with Crippen LogP contribution in [0.5, 0.6) is 0 Å². The number of carbonyl (C=O) groups excluding carboxylic acids is 1. The number of imidazole rings is 1. The number of nitrogens with zero attached hydrogens (tertiary/aromatic N) is 2. The molecule has 8 heteroatoms. The molecule has 0 aromatic carbocycles. The zero-order valence-electron chi connectivity index (χ0n) is 10.0. The Kier molecular flexibility index (Phi) is 3.67. The van der Waals surface area contributed by atoms with Crippen LogP contribution in [0.4, 0.5) is 0 Å². The fourth-order valence-corrected chi connectivity index (χ4v) is 2.08. The van der Waals surface area contributed by atoms with Gasteiger partial charge >= 0.3 is 0 Å². The fourth-order valence-electron chi connectivity index (χ4n) is 2.08. The highest BCUT2D eigenvalue weighted by molar-refractivity contribution is 5.94. The van der Waals surface area contributed by atoms with Gasteiger partial charge in [-0.2, -0.15) is 0 Å². The van der Waals surface area contributed by atoms with Crippen LogP contribution in [0.2, 0.25) is 0 Å². The molecule has 0 radical (unpaired) electrons. The average Bonchev–Trinajstić information content (AvgIpc) is 2.92. The Morgan fingerprint density at radius 2 is 2.26 bits per heavy atom. The molecule has 5 N–H and O–H groups in total. The molecule has 1 saturated heterocycles. The van der Waals surface area contributed by atoms with E-state index >= 15 is 0 Å². The first-order valence-electron chi connectivity index (χ1n) is 5.62. The van der Waals surface area contributed by atoms with Gasteiger partial charge in [0.2, 0.25) is 0 Å². The van der Waals surface area contributed by atoms with E-state index in [1.807, 2.05) is 0 Å². The van der Waals surface area contributed by atoms with Gasteiger partial charge in [-0.1, -0.05) is 6.58 Å². The molecule has 8 nitrogen and oxygen atoms in total. The van der Waals surface area contributed by atoms with E-state index in [0.29, 0.717) is 0 Å². The zero-order valence-corrected chi connectivity index (χ0v) is 10.0. The Bertz CT molecular complexity index is 501. The third-order valence-corrected chi connectivity index (χ3v) is 3.05. The van der Waals surface area contributed by atoms with Crippen molar-refractivity contribution in [3.8, 4) is 0 Å². The predicted molar refractivity (Wildman–Crippen MR) is 63.8 cm³/mol. The van der Waals surface area contributed by atoms with Crippen molar-refractivity contribution in [3.05, 3.63) is 24.3 Å². The number of aliphatic hydroxyl groups is 3. The van der Waals surface area contributed by atoms with E-state index in [1.165, 1.54) is 17.0 Å². The Hall–Kier alpha value is -1.74. The number of hydrogen-bond acceptors (Lipinski definition) is 6. The van der Waals surface area contributed by atoms with Crippen LogP contribution in [0.1, 0.15) is 22.4 Å². The molecule has 2 rings (SSSR count). The van der Waals surface area contributed by atoms with Gasteiger partial charge in [0.1, 0.15) is 18.3 Å². The zero-order chi connectivity index (χ0) is 14.2. The minimum atomic E-state index is -1.26. The molecule has 4 atom stereocenters. The smallest absolute Gasteiger partial charge is 0.269 e. The lowest BCUT2D eigenvalue weighted by molar-refractivity contribution is -0.0530. The Morgan fingerprint density at radius 1 is 1.58 bits per heavy atom. The summed E-state index contributed by atoms with van der Waals surface area (Å²) in [6.07, 6.45) is -1.75. The maximum Gasteiger partial charge on any atom is 0.269 e. The summed E-state index contributed by atoms with van der Waals surface area (Å²) in [4.78, 5) is 15.0. The third-order valence-electron chi connectivity index (χ3n) is 3.05. The summed E-state index contributed by atoms with van der Waals surface area (Å²) < 4.78 is 6.67. The quantitative estimate of drug-likeness (QED) is 0.512. The first-order valence-corrected chi connectivity index (χ1v) is 5.62. The number of ether oxygens (including phenoxy) is 1. The number of aliphatic hydroxyl groups excluding tert-OH is 3. The molecule has 1 aromatic heterocycles. The Morgan fingerprint density at radius 3 is 2.74 bits per heavy atom. The first kappa shape index (κ1) is 13.7. The lowest BCUT2D eigenvalue weighted by Crippen LogP contribution is -2.33. The van der Waals surface area contributed by atoms with Crippen LogP contribution in [0, 0.1) is 0 Å². The van der Waals surface area contributed by atoms with Crippen LogP contribution < -0.4 is 5.73 Å². The number of amides is 1. The van der Waals surface area contributed by atoms with Crippen molar-refractivity contribution in [2.75, 3.05) is 6.61 Å². The van der Waals surface area contributed by atoms with Crippen molar-refractivity contribution in [1.82, 2.24) is 9.55 Å². The highest BCUT2D eigenvalue weighted by Gasteiger charge is 2.44. The van der Waals surface area contributed by atoms with E-state index in [9.17, 15) is 15.0 Å². The summed E-state index contributed by atoms with van der Waals surface area (Å²) in [6.45, 7) is 3.11. The molecule has 1 aromatic rings. The topological polar surface area (TPSA) is 131 Å². The number of carbonyl (C=O) groups is 1. The summed E-state index contributed by atoms with van der Waals surface area (Å²) >= 11 is 0. The molecule has 1 amide bonds. The molecule has 0 bridgehead atoms. The van der Waals surface area contributed by atoms with Gasteiger partial charge in [-0.05, 0) is 6.08 Å². The molecule has 19 heavy (non-hydrogen) atoms. The maximum absolute atomic E-state index is 11.2. The van der Waals surface area contributed by atoms with Crippen LogP contribution >= 0.6 is 0 Å². The summed E-state index contributed by atoms with van der Waals surface area (Å²) in [7, 11) is 0. The lowest BCUT2D eigenvalue weighted by atomic mass is 10.1.